The van der Waals surface area contributed by atoms with Crippen LogP contribution < -0.4 is 16.2 Å². The highest BCUT2D eigenvalue weighted by Crippen LogP contribution is 2.19. The third-order valence-corrected chi connectivity index (χ3v) is 4.07. The zero-order valence-electron chi connectivity index (χ0n) is 14.1. The fourth-order valence-corrected chi connectivity index (χ4v) is 2.64. The van der Waals surface area contributed by atoms with Crippen LogP contribution >= 0.6 is 12.2 Å². The van der Waals surface area contributed by atoms with E-state index in [0.29, 0.717) is 16.2 Å². The van der Waals surface area contributed by atoms with Crippen LogP contribution in [0.2, 0.25) is 0 Å². The second kappa shape index (κ2) is 9.12. The molecule has 1 aliphatic heterocycles. The third-order valence-electron chi connectivity index (χ3n) is 3.82. The molecule has 1 aliphatic rings. The van der Waals surface area contributed by atoms with Crippen molar-refractivity contribution in [3.05, 3.63) is 35.4 Å². The second-order valence-corrected chi connectivity index (χ2v) is 6.16. The molecule has 0 unspecified atom stereocenters. The van der Waals surface area contributed by atoms with Crippen molar-refractivity contribution in [2.45, 2.75) is 32.6 Å². The quantitative estimate of drug-likeness (QED) is 0.301. The number of hydrogen-bond donors (Lipinski definition) is 3. The second-order valence-electron chi connectivity index (χ2n) is 5.76. The summed E-state index contributed by atoms with van der Waals surface area (Å²) < 4.78 is 0. The van der Waals surface area contributed by atoms with Crippen LogP contribution in [-0.2, 0) is 16.0 Å². The van der Waals surface area contributed by atoms with Crippen LogP contribution in [0.3, 0.4) is 0 Å². The number of rotatable bonds is 6. The van der Waals surface area contributed by atoms with E-state index in [-0.39, 0.29) is 18.9 Å². The Balaban J connectivity index is 1.81. The molecule has 7 nitrogen and oxygen atoms in total. The number of carbonyl (C=O) groups excluding carboxylic acids is 3. The maximum absolute atomic E-state index is 12.4. The first-order chi connectivity index (χ1) is 12.0. The number of nitrogens with zero attached hydrogens (tertiary/aromatic N) is 1. The zero-order valence-corrected chi connectivity index (χ0v) is 14.9. The summed E-state index contributed by atoms with van der Waals surface area (Å²) in [5, 5.41) is 3.26. The lowest BCUT2D eigenvalue weighted by Gasteiger charge is -2.26. The van der Waals surface area contributed by atoms with Crippen molar-refractivity contribution in [2.24, 2.45) is 0 Å². The lowest BCUT2D eigenvalue weighted by atomic mass is 9.98. The average molecular weight is 362 g/mol. The summed E-state index contributed by atoms with van der Waals surface area (Å²) in [6.45, 7) is 2.48. The van der Waals surface area contributed by atoms with E-state index < -0.39 is 11.8 Å². The van der Waals surface area contributed by atoms with Crippen molar-refractivity contribution < 1.29 is 14.4 Å². The summed E-state index contributed by atoms with van der Waals surface area (Å²) in [6.07, 6.45) is 3.31. The van der Waals surface area contributed by atoms with Crippen molar-refractivity contribution in [3.63, 3.8) is 0 Å². The molecule has 2 rings (SSSR count). The Bertz CT molecular complexity index is 678. The molecule has 0 radical (unpaired) electrons. The van der Waals surface area contributed by atoms with E-state index in [4.69, 9.17) is 12.2 Å². The number of nitrogens with one attached hydrogen (secondary N) is 3. The summed E-state index contributed by atoms with van der Waals surface area (Å²) in [5.74, 6) is -1.36. The van der Waals surface area contributed by atoms with Gasteiger partial charge >= 0.3 is 0 Å². The summed E-state index contributed by atoms with van der Waals surface area (Å²) in [6, 6.07) is 6.91. The molecule has 1 heterocycles. The predicted molar refractivity (Wildman–Crippen MR) is 97.6 cm³/mol. The summed E-state index contributed by atoms with van der Waals surface area (Å²) in [4.78, 5) is 37.4. The Morgan fingerprint density at radius 3 is 2.72 bits per heavy atom. The molecule has 0 bridgehead atoms. The van der Waals surface area contributed by atoms with E-state index in [1.165, 1.54) is 0 Å². The highest BCUT2D eigenvalue weighted by atomic mass is 32.1. The van der Waals surface area contributed by atoms with Crippen LogP contribution in [0.5, 0.6) is 0 Å². The first kappa shape index (κ1) is 18.9. The van der Waals surface area contributed by atoms with Crippen molar-refractivity contribution in [3.8, 4) is 0 Å². The summed E-state index contributed by atoms with van der Waals surface area (Å²) in [5.41, 5.74) is 6.11. The maximum atomic E-state index is 12.4. The maximum Gasteiger partial charge on any atom is 0.261 e. The molecule has 8 heteroatoms. The van der Waals surface area contributed by atoms with Gasteiger partial charge in [-0.05, 0) is 30.3 Å². The van der Waals surface area contributed by atoms with Crippen LogP contribution in [0.15, 0.2) is 24.3 Å². The van der Waals surface area contributed by atoms with Gasteiger partial charge in [0, 0.05) is 12.1 Å². The number of thiocarbonyl (C=S) groups is 1. The fourth-order valence-electron chi connectivity index (χ4n) is 2.49. The molecule has 0 atom stereocenters. The monoisotopic (exact) mass is 362 g/mol. The van der Waals surface area contributed by atoms with Crippen molar-refractivity contribution >= 4 is 35.1 Å². The summed E-state index contributed by atoms with van der Waals surface area (Å²) >= 11 is 5.04. The molecular weight excluding hydrogens is 340 g/mol. The normalized spacial score (nSPS) is 13.2. The van der Waals surface area contributed by atoms with Gasteiger partial charge in [0.2, 0.25) is 5.91 Å². The van der Waals surface area contributed by atoms with Crippen LogP contribution in [0.4, 0.5) is 0 Å². The molecule has 0 fully saturated rings. The van der Waals surface area contributed by atoms with E-state index in [1.807, 2.05) is 0 Å². The van der Waals surface area contributed by atoms with E-state index in [9.17, 15) is 14.4 Å². The van der Waals surface area contributed by atoms with Crippen LogP contribution in [0.25, 0.3) is 0 Å². The Hall–Kier alpha value is -2.48. The van der Waals surface area contributed by atoms with E-state index in [2.05, 4.69) is 23.1 Å². The van der Waals surface area contributed by atoms with Crippen molar-refractivity contribution in [1.29, 1.82) is 0 Å². The molecule has 1 aromatic rings. The Kier molecular flexibility index (Phi) is 6.88. The fraction of sp³-hybridized carbons (Fsp3) is 0.412. The highest BCUT2D eigenvalue weighted by molar-refractivity contribution is 7.80. The molecule has 0 aromatic heterocycles. The molecular formula is C17H22N4O3S. The van der Waals surface area contributed by atoms with Gasteiger partial charge < -0.3 is 5.32 Å². The number of hydrogen-bond acceptors (Lipinski definition) is 4. The van der Waals surface area contributed by atoms with E-state index >= 15 is 0 Å². The van der Waals surface area contributed by atoms with Crippen LogP contribution in [0.1, 0.15) is 42.1 Å². The molecule has 0 saturated heterocycles. The predicted octanol–water partition coefficient (Wildman–Crippen LogP) is 0.897. The van der Waals surface area contributed by atoms with Gasteiger partial charge in [-0.1, -0.05) is 38.0 Å². The van der Waals surface area contributed by atoms with Crippen LogP contribution in [0, 0.1) is 0 Å². The zero-order chi connectivity index (χ0) is 18.2. The topological polar surface area (TPSA) is 90.5 Å². The number of carbonyl (C=O) groups is 3. The van der Waals surface area contributed by atoms with Gasteiger partial charge in [0.15, 0.2) is 5.11 Å². The molecule has 134 valence electrons. The van der Waals surface area contributed by atoms with Gasteiger partial charge in [0.25, 0.3) is 11.8 Å². The third kappa shape index (κ3) is 5.25. The average Bonchev–Trinajstić information content (AvgIpc) is 2.60. The standard InChI is InChI=1S/C17H22N4O3S/c1-2-3-6-9-18-17(25)20-19-14(22)11-21-15(23)10-12-7-4-5-8-13(12)16(21)24/h4-5,7-8H,2-3,6,9-11H2,1H3,(H,19,22)(H2,18,20,25). The Morgan fingerprint density at radius 2 is 1.96 bits per heavy atom. The largest absolute Gasteiger partial charge is 0.361 e. The molecule has 0 saturated carbocycles. The number of fused-ring (bicyclic) bond motifs is 1. The summed E-state index contributed by atoms with van der Waals surface area (Å²) in [7, 11) is 0. The van der Waals surface area contributed by atoms with Gasteiger partial charge in [0.1, 0.15) is 6.54 Å². The first-order valence-corrected chi connectivity index (χ1v) is 8.69. The SMILES string of the molecule is CCCCCNC(=S)NNC(=O)CN1C(=O)Cc2ccccc2C1=O. The first-order valence-electron chi connectivity index (χ1n) is 8.28. The number of hydrazine groups is 1. The van der Waals surface area contributed by atoms with Crippen LogP contribution in [-0.4, -0.2) is 40.8 Å². The van der Waals surface area contributed by atoms with E-state index in [1.54, 1.807) is 24.3 Å². The Labute approximate surface area is 152 Å². The molecule has 1 aromatic carbocycles. The minimum atomic E-state index is -0.515. The highest BCUT2D eigenvalue weighted by Gasteiger charge is 2.31. The molecule has 3 N–H and O–H groups in total. The lowest BCUT2D eigenvalue weighted by molar-refractivity contribution is -0.133. The minimum absolute atomic E-state index is 0.111. The van der Waals surface area contributed by atoms with E-state index in [0.717, 1.165) is 30.7 Å². The smallest absolute Gasteiger partial charge is 0.261 e. The van der Waals surface area contributed by atoms with Gasteiger partial charge in [-0.3, -0.25) is 30.1 Å². The van der Waals surface area contributed by atoms with Crippen molar-refractivity contribution in [2.75, 3.05) is 13.1 Å². The molecule has 3 amide bonds. The number of amides is 3. The molecule has 0 aliphatic carbocycles. The number of imide groups is 1. The lowest BCUT2D eigenvalue weighted by Crippen LogP contribution is -2.52. The minimum Gasteiger partial charge on any atom is -0.361 e. The molecule has 25 heavy (non-hydrogen) atoms. The van der Waals surface area contributed by atoms with Gasteiger partial charge in [0.05, 0.1) is 6.42 Å². The van der Waals surface area contributed by atoms with Gasteiger partial charge in [-0.2, -0.15) is 0 Å². The number of benzene rings is 1. The van der Waals surface area contributed by atoms with Gasteiger partial charge in [-0.25, -0.2) is 0 Å². The van der Waals surface area contributed by atoms with Gasteiger partial charge in [-0.15, -0.1) is 0 Å². The Morgan fingerprint density at radius 1 is 1.20 bits per heavy atom. The van der Waals surface area contributed by atoms with Crippen molar-refractivity contribution in [1.82, 2.24) is 21.1 Å². The molecule has 0 spiro atoms. The number of unbranched alkanes of at least 4 members (excludes halogenated alkanes) is 2.